The van der Waals surface area contributed by atoms with Crippen LogP contribution in [0.15, 0.2) is 30.3 Å². The number of amides is 3. The van der Waals surface area contributed by atoms with Gasteiger partial charge in [0.05, 0.1) is 6.04 Å². The number of carbonyl (C=O) groups excluding carboxylic acids is 2. The van der Waals surface area contributed by atoms with E-state index in [0.717, 1.165) is 31.6 Å². The SMILES string of the molecule is CCNC(=O)C(C1CCCC1)N1CCN(C(=O)Nc2ccccc2)CC1. The first kappa shape index (κ1) is 18.7. The predicted molar refractivity (Wildman–Crippen MR) is 103 cm³/mol. The number of hydrogen-bond acceptors (Lipinski definition) is 3. The monoisotopic (exact) mass is 358 g/mol. The smallest absolute Gasteiger partial charge is 0.321 e. The van der Waals surface area contributed by atoms with Gasteiger partial charge in [-0.25, -0.2) is 4.79 Å². The topological polar surface area (TPSA) is 64.7 Å². The molecule has 0 spiro atoms. The molecule has 0 radical (unpaired) electrons. The molecule has 2 aliphatic rings. The standard InChI is InChI=1S/C20H30N4O2/c1-2-21-19(25)18(16-8-6-7-9-16)23-12-14-24(15-13-23)20(26)22-17-10-4-3-5-11-17/h3-5,10-11,16,18H,2,6-9,12-15H2,1H3,(H,21,25)(H,22,26). The summed E-state index contributed by atoms with van der Waals surface area (Å²) >= 11 is 0. The number of anilines is 1. The molecule has 2 fully saturated rings. The molecular weight excluding hydrogens is 328 g/mol. The third-order valence-electron chi connectivity index (χ3n) is 5.49. The van der Waals surface area contributed by atoms with Gasteiger partial charge in [-0.1, -0.05) is 31.0 Å². The van der Waals surface area contributed by atoms with Gasteiger partial charge in [-0.2, -0.15) is 0 Å². The molecule has 1 aromatic carbocycles. The maximum absolute atomic E-state index is 12.6. The highest BCUT2D eigenvalue weighted by Crippen LogP contribution is 2.31. The molecule has 1 saturated heterocycles. The summed E-state index contributed by atoms with van der Waals surface area (Å²) in [7, 11) is 0. The fourth-order valence-electron chi connectivity index (χ4n) is 4.16. The minimum absolute atomic E-state index is 0.0446. The Kier molecular flexibility index (Phi) is 6.50. The molecule has 26 heavy (non-hydrogen) atoms. The van der Waals surface area contributed by atoms with Gasteiger partial charge in [0.15, 0.2) is 0 Å². The van der Waals surface area contributed by atoms with Crippen LogP contribution in [0.5, 0.6) is 0 Å². The van der Waals surface area contributed by atoms with Crippen molar-refractivity contribution in [3.63, 3.8) is 0 Å². The van der Waals surface area contributed by atoms with Crippen molar-refractivity contribution in [2.24, 2.45) is 5.92 Å². The van der Waals surface area contributed by atoms with Crippen molar-refractivity contribution < 1.29 is 9.59 Å². The minimum atomic E-state index is -0.0636. The van der Waals surface area contributed by atoms with E-state index in [4.69, 9.17) is 0 Å². The molecule has 1 aromatic rings. The molecule has 1 aliphatic heterocycles. The number of urea groups is 1. The van der Waals surface area contributed by atoms with Crippen LogP contribution < -0.4 is 10.6 Å². The summed E-state index contributed by atoms with van der Waals surface area (Å²) in [5.74, 6) is 0.604. The Balaban J connectivity index is 1.56. The van der Waals surface area contributed by atoms with Gasteiger partial charge in [0, 0.05) is 38.4 Å². The summed E-state index contributed by atoms with van der Waals surface area (Å²) < 4.78 is 0. The Hall–Kier alpha value is -2.08. The Labute approximate surface area is 155 Å². The van der Waals surface area contributed by atoms with Crippen LogP contribution in [0.2, 0.25) is 0 Å². The Bertz CT molecular complexity index is 593. The first-order valence-corrected chi connectivity index (χ1v) is 9.81. The lowest BCUT2D eigenvalue weighted by molar-refractivity contribution is -0.129. The van der Waals surface area contributed by atoms with E-state index >= 15 is 0 Å². The molecule has 0 bridgehead atoms. The average molecular weight is 358 g/mol. The van der Waals surface area contributed by atoms with Crippen LogP contribution >= 0.6 is 0 Å². The number of carbonyl (C=O) groups is 2. The minimum Gasteiger partial charge on any atom is -0.355 e. The van der Waals surface area contributed by atoms with E-state index in [0.29, 0.717) is 25.6 Å². The van der Waals surface area contributed by atoms with Gasteiger partial charge < -0.3 is 15.5 Å². The molecule has 3 rings (SSSR count). The fourth-order valence-corrected chi connectivity index (χ4v) is 4.16. The van der Waals surface area contributed by atoms with Crippen LogP contribution in [0.4, 0.5) is 10.5 Å². The lowest BCUT2D eigenvalue weighted by atomic mass is 9.95. The summed E-state index contributed by atoms with van der Waals surface area (Å²) in [6.45, 7) is 5.45. The highest BCUT2D eigenvalue weighted by Gasteiger charge is 2.37. The molecule has 1 aliphatic carbocycles. The molecule has 0 aromatic heterocycles. The zero-order valence-corrected chi connectivity index (χ0v) is 15.6. The molecular formula is C20H30N4O2. The van der Waals surface area contributed by atoms with Gasteiger partial charge in [0.1, 0.15) is 0 Å². The lowest BCUT2D eigenvalue weighted by Gasteiger charge is -2.40. The first-order valence-electron chi connectivity index (χ1n) is 9.81. The summed E-state index contributed by atoms with van der Waals surface area (Å²) in [5, 5.41) is 5.96. The summed E-state index contributed by atoms with van der Waals surface area (Å²) in [6.07, 6.45) is 4.72. The Morgan fingerprint density at radius 2 is 1.73 bits per heavy atom. The maximum Gasteiger partial charge on any atom is 0.321 e. The molecule has 142 valence electrons. The van der Waals surface area contributed by atoms with E-state index in [9.17, 15) is 9.59 Å². The van der Waals surface area contributed by atoms with Crippen LogP contribution in [0.25, 0.3) is 0 Å². The maximum atomic E-state index is 12.6. The van der Waals surface area contributed by atoms with Gasteiger partial charge in [-0.15, -0.1) is 0 Å². The number of para-hydroxylation sites is 1. The molecule has 6 nitrogen and oxygen atoms in total. The van der Waals surface area contributed by atoms with Crippen molar-refractivity contribution in [2.75, 3.05) is 38.0 Å². The molecule has 2 N–H and O–H groups in total. The van der Waals surface area contributed by atoms with E-state index in [1.807, 2.05) is 42.2 Å². The fraction of sp³-hybridized carbons (Fsp3) is 0.600. The van der Waals surface area contributed by atoms with E-state index in [1.54, 1.807) is 0 Å². The highest BCUT2D eigenvalue weighted by atomic mass is 16.2. The number of piperazine rings is 1. The van der Waals surface area contributed by atoms with E-state index in [1.165, 1.54) is 12.8 Å². The summed E-state index contributed by atoms with van der Waals surface area (Å²) in [5.41, 5.74) is 0.811. The number of nitrogens with zero attached hydrogens (tertiary/aromatic N) is 2. The number of nitrogens with one attached hydrogen (secondary N) is 2. The van der Waals surface area contributed by atoms with Crippen molar-refractivity contribution in [3.05, 3.63) is 30.3 Å². The molecule has 1 saturated carbocycles. The van der Waals surface area contributed by atoms with Gasteiger partial charge in [-0.3, -0.25) is 9.69 Å². The predicted octanol–water partition coefficient (Wildman–Crippen LogP) is 2.53. The van der Waals surface area contributed by atoms with Crippen molar-refractivity contribution in [1.29, 1.82) is 0 Å². The zero-order chi connectivity index (χ0) is 18.4. The highest BCUT2D eigenvalue weighted by molar-refractivity contribution is 5.89. The molecule has 6 heteroatoms. The molecule has 1 unspecified atom stereocenters. The molecule has 1 atom stereocenters. The normalized spacial score (nSPS) is 20.0. The van der Waals surface area contributed by atoms with Crippen LogP contribution in [-0.4, -0.2) is 60.5 Å². The second kappa shape index (κ2) is 9.03. The van der Waals surface area contributed by atoms with Crippen LogP contribution in [-0.2, 0) is 4.79 Å². The lowest BCUT2D eigenvalue weighted by Crippen LogP contribution is -2.58. The van der Waals surface area contributed by atoms with Crippen LogP contribution in [0.3, 0.4) is 0 Å². The third kappa shape index (κ3) is 4.55. The molecule has 1 heterocycles. The Morgan fingerprint density at radius 1 is 1.08 bits per heavy atom. The van der Waals surface area contributed by atoms with Gasteiger partial charge in [0.2, 0.25) is 5.91 Å². The largest absolute Gasteiger partial charge is 0.355 e. The summed E-state index contributed by atoms with van der Waals surface area (Å²) in [6, 6.07) is 9.42. The van der Waals surface area contributed by atoms with Crippen LogP contribution in [0, 0.1) is 5.92 Å². The van der Waals surface area contributed by atoms with E-state index in [-0.39, 0.29) is 18.0 Å². The van der Waals surface area contributed by atoms with E-state index < -0.39 is 0 Å². The number of likely N-dealkylation sites (N-methyl/N-ethyl adjacent to an activating group) is 1. The summed E-state index contributed by atoms with van der Waals surface area (Å²) in [4.78, 5) is 29.2. The van der Waals surface area contributed by atoms with Gasteiger partial charge >= 0.3 is 6.03 Å². The number of rotatable bonds is 5. The number of benzene rings is 1. The average Bonchev–Trinajstić information content (AvgIpc) is 3.18. The Morgan fingerprint density at radius 3 is 2.35 bits per heavy atom. The quantitative estimate of drug-likeness (QED) is 0.850. The van der Waals surface area contributed by atoms with Crippen LogP contribution in [0.1, 0.15) is 32.6 Å². The molecule has 3 amide bonds. The second-order valence-corrected chi connectivity index (χ2v) is 7.20. The van der Waals surface area contributed by atoms with Gasteiger partial charge in [-0.05, 0) is 37.8 Å². The van der Waals surface area contributed by atoms with Crippen molar-refractivity contribution in [3.8, 4) is 0 Å². The third-order valence-corrected chi connectivity index (χ3v) is 5.49. The van der Waals surface area contributed by atoms with Gasteiger partial charge in [0.25, 0.3) is 0 Å². The zero-order valence-electron chi connectivity index (χ0n) is 15.6. The van der Waals surface area contributed by atoms with Crippen molar-refractivity contribution in [2.45, 2.75) is 38.6 Å². The van der Waals surface area contributed by atoms with Crippen molar-refractivity contribution in [1.82, 2.24) is 15.1 Å². The van der Waals surface area contributed by atoms with E-state index in [2.05, 4.69) is 15.5 Å². The second-order valence-electron chi connectivity index (χ2n) is 7.20. The first-order chi connectivity index (χ1) is 12.7. The number of hydrogen-bond donors (Lipinski definition) is 2. The van der Waals surface area contributed by atoms with Crippen molar-refractivity contribution >= 4 is 17.6 Å².